The zero-order valence-corrected chi connectivity index (χ0v) is 12.4. The van der Waals surface area contributed by atoms with E-state index in [1.54, 1.807) is 0 Å². The van der Waals surface area contributed by atoms with Crippen LogP contribution >= 0.6 is 12.2 Å². The summed E-state index contributed by atoms with van der Waals surface area (Å²) in [5, 5.41) is 0. The predicted octanol–water partition coefficient (Wildman–Crippen LogP) is 3.14. The Bertz CT molecular complexity index is 426. The minimum atomic E-state index is -4.27. The molecule has 1 aromatic rings. The molecule has 0 aromatic heterocycles. The maximum atomic E-state index is 12.0. The zero-order chi connectivity index (χ0) is 15.7. The van der Waals surface area contributed by atoms with Crippen molar-refractivity contribution in [2.45, 2.75) is 19.0 Å². The van der Waals surface area contributed by atoms with E-state index >= 15 is 0 Å². The van der Waals surface area contributed by atoms with Crippen LogP contribution in [0.15, 0.2) is 30.3 Å². The summed E-state index contributed by atoms with van der Waals surface area (Å²) in [6.07, 6.45) is -3.21. The smallest absolute Gasteiger partial charge is 0.393 e. The standard InChI is InChI=1S/C14H19F3N2OS/c15-14(16,17)11-20-10-4-8-19(9-7-13(18)21)12-5-2-1-3-6-12/h1-3,5-6H,4,7-11H2,(H2,18,21). The van der Waals surface area contributed by atoms with Crippen LogP contribution in [-0.4, -0.2) is 37.5 Å². The van der Waals surface area contributed by atoms with Gasteiger partial charge in [-0.05, 0) is 18.6 Å². The van der Waals surface area contributed by atoms with Gasteiger partial charge >= 0.3 is 6.18 Å². The van der Waals surface area contributed by atoms with Crippen molar-refractivity contribution in [2.24, 2.45) is 5.73 Å². The fraction of sp³-hybridized carbons (Fsp3) is 0.500. The third-order valence-electron chi connectivity index (χ3n) is 2.73. The molecule has 0 fully saturated rings. The molecule has 21 heavy (non-hydrogen) atoms. The summed E-state index contributed by atoms with van der Waals surface area (Å²) in [6, 6.07) is 9.60. The second-order valence-electron chi connectivity index (χ2n) is 4.56. The Kier molecular flexibility index (Phi) is 7.45. The van der Waals surface area contributed by atoms with E-state index in [1.165, 1.54) is 0 Å². The van der Waals surface area contributed by atoms with Crippen molar-refractivity contribution >= 4 is 22.9 Å². The van der Waals surface area contributed by atoms with Gasteiger partial charge in [-0.25, -0.2) is 0 Å². The topological polar surface area (TPSA) is 38.5 Å². The largest absolute Gasteiger partial charge is 0.411 e. The van der Waals surface area contributed by atoms with Crippen LogP contribution in [0.25, 0.3) is 0 Å². The summed E-state index contributed by atoms with van der Waals surface area (Å²) in [5.41, 5.74) is 6.49. The first-order valence-corrected chi connectivity index (χ1v) is 7.02. The fourth-order valence-corrected chi connectivity index (χ4v) is 1.89. The molecule has 1 aromatic carbocycles. The first kappa shape index (κ1) is 17.7. The van der Waals surface area contributed by atoms with Crippen LogP contribution in [0, 0.1) is 0 Å². The monoisotopic (exact) mass is 320 g/mol. The molecule has 0 radical (unpaired) electrons. The normalized spacial score (nSPS) is 11.4. The average molecular weight is 320 g/mol. The summed E-state index contributed by atoms with van der Waals surface area (Å²) < 4.78 is 40.5. The lowest BCUT2D eigenvalue weighted by Gasteiger charge is -2.24. The summed E-state index contributed by atoms with van der Waals surface area (Å²) in [4.78, 5) is 2.46. The Hall–Kier alpha value is -1.34. The highest BCUT2D eigenvalue weighted by Crippen LogP contribution is 2.16. The van der Waals surface area contributed by atoms with E-state index < -0.39 is 12.8 Å². The molecule has 0 saturated carbocycles. The lowest BCUT2D eigenvalue weighted by Crippen LogP contribution is -2.29. The molecule has 0 aliphatic heterocycles. The van der Waals surface area contributed by atoms with Gasteiger partial charge in [-0.1, -0.05) is 30.4 Å². The van der Waals surface area contributed by atoms with Crippen LogP contribution in [0.1, 0.15) is 12.8 Å². The number of hydrogen-bond acceptors (Lipinski definition) is 3. The molecule has 0 aliphatic rings. The molecule has 0 unspecified atom stereocenters. The SMILES string of the molecule is NC(=S)CCN(CCCOCC(F)(F)F)c1ccccc1. The highest BCUT2D eigenvalue weighted by Gasteiger charge is 2.27. The number of nitrogens with zero attached hydrogens (tertiary/aromatic N) is 1. The van der Waals surface area contributed by atoms with E-state index in [0.29, 0.717) is 30.9 Å². The third-order valence-corrected chi connectivity index (χ3v) is 2.94. The molecule has 2 N–H and O–H groups in total. The number of hydrogen-bond donors (Lipinski definition) is 1. The van der Waals surface area contributed by atoms with Crippen molar-refractivity contribution in [3.63, 3.8) is 0 Å². The number of benzene rings is 1. The number of nitrogens with two attached hydrogens (primary N) is 1. The van der Waals surface area contributed by atoms with Gasteiger partial charge in [0.05, 0.1) is 4.99 Å². The van der Waals surface area contributed by atoms with Gasteiger partial charge in [-0.2, -0.15) is 13.2 Å². The maximum absolute atomic E-state index is 12.0. The van der Waals surface area contributed by atoms with E-state index in [9.17, 15) is 13.2 Å². The number of para-hydroxylation sites is 1. The van der Waals surface area contributed by atoms with E-state index in [1.807, 2.05) is 35.2 Å². The van der Waals surface area contributed by atoms with Gasteiger partial charge in [0, 0.05) is 31.8 Å². The van der Waals surface area contributed by atoms with Gasteiger partial charge in [0.1, 0.15) is 6.61 Å². The first-order chi connectivity index (χ1) is 9.88. The highest BCUT2D eigenvalue weighted by molar-refractivity contribution is 7.80. The molecule has 0 saturated heterocycles. The van der Waals surface area contributed by atoms with Gasteiger partial charge in [0.25, 0.3) is 0 Å². The van der Waals surface area contributed by atoms with Crippen molar-refractivity contribution in [3.8, 4) is 0 Å². The van der Waals surface area contributed by atoms with E-state index in [-0.39, 0.29) is 6.61 Å². The second-order valence-corrected chi connectivity index (χ2v) is 5.08. The van der Waals surface area contributed by atoms with Crippen molar-refractivity contribution < 1.29 is 17.9 Å². The molecular formula is C14H19F3N2OS. The molecule has 0 amide bonds. The Morgan fingerprint density at radius 3 is 2.43 bits per heavy atom. The van der Waals surface area contributed by atoms with Crippen LogP contribution in [0.3, 0.4) is 0 Å². The van der Waals surface area contributed by atoms with Crippen LogP contribution in [-0.2, 0) is 4.74 Å². The zero-order valence-electron chi connectivity index (χ0n) is 11.6. The van der Waals surface area contributed by atoms with Crippen LogP contribution < -0.4 is 10.6 Å². The molecule has 1 rings (SSSR count). The number of rotatable bonds is 9. The minimum absolute atomic E-state index is 0.0654. The Labute approximate surface area is 127 Å². The van der Waals surface area contributed by atoms with E-state index in [0.717, 1.165) is 5.69 Å². The van der Waals surface area contributed by atoms with Gasteiger partial charge in [-0.3, -0.25) is 0 Å². The number of halogens is 3. The van der Waals surface area contributed by atoms with E-state index in [2.05, 4.69) is 4.74 Å². The predicted molar refractivity (Wildman–Crippen MR) is 81.5 cm³/mol. The number of ether oxygens (including phenoxy) is 1. The van der Waals surface area contributed by atoms with Gasteiger partial charge in [0.15, 0.2) is 0 Å². The van der Waals surface area contributed by atoms with Crippen LogP contribution in [0.4, 0.5) is 18.9 Å². The second kappa shape index (κ2) is 8.84. The van der Waals surface area contributed by atoms with Crippen LogP contribution in [0.2, 0.25) is 0 Å². The summed E-state index contributed by atoms with van der Waals surface area (Å²) in [5.74, 6) is 0. The quantitative estimate of drug-likeness (QED) is 0.560. The first-order valence-electron chi connectivity index (χ1n) is 6.61. The van der Waals surface area contributed by atoms with Crippen molar-refractivity contribution in [2.75, 3.05) is 31.2 Å². The summed E-state index contributed by atoms with van der Waals surface area (Å²) in [7, 11) is 0. The number of anilines is 1. The number of thiocarbonyl (C=S) groups is 1. The van der Waals surface area contributed by atoms with Crippen molar-refractivity contribution in [1.82, 2.24) is 0 Å². The van der Waals surface area contributed by atoms with Gasteiger partial charge < -0.3 is 15.4 Å². The third kappa shape index (κ3) is 8.52. The molecule has 0 aliphatic carbocycles. The number of alkyl halides is 3. The summed E-state index contributed by atoms with van der Waals surface area (Å²) in [6.45, 7) is 0.0875. The average Bonchev–Trinajstić information content (AvgIpc) is 2.41. The molecule has 0 atom stereocenters. The Balaban J connectivity index is 2.41. The molecule has 7 heteroatoms. The Morgan fingerprint density at radius 2 is 1.86 bits per heavy atom. The Morgan fingerprint density at radius 1 is 1.19 bits per heavy atom. The van der Waals surface area contributed by atoms with Gasteiger partial charge in [-0.15, -0.1) is 0 Å². The molecule has 0 bridgehead atoms. The lowest BCUT2D eigenvalue weighted by atomic mass is 10.2. The molecule has 118 valence electrons. The maximum Gasteiger partial charge on any atom is 0.411 e. The van der Waals surface area contributed by atoms with Crippen LogP contribution in [0.5, 0.6) is 0 Å². The van der Waals surface area contributed by atoms with Crippen molar-refractivity contribution in [1.29, 1.82) is 0 Å². The fourth-order valence-electron chi connectivity index (χ4n) is 1.80. The summed E-state index contributed by atoms with van der Waals surface area (Å²) >= 11 is 4.86. The minimum Gasteiger partial charge on any atom is -0.393 e. The molecular weight excluding hydrogens is 301 g/mol. The van der Waals surface area contributed by atoms with Gasteiger partial charge in [0.2, 0.25) is 0 Å². The highest BCUT2D eigenvalue weighted by atomic mass is 32.1. The molecule has 3 nitrogen and oxygen atoms in total. The molecule has 0 heterocycles. The van der Waals surface area contributed by atoms with E-state index in [4.69, 9.17) is 18.0 Å². The molecule has 0 spiro atoms. The lowest BCUT2D eigenvalue weighted by molar-refractivity contribution is -0.173. The van der Waals surface area contributed by atoms with Crippen molar-refractivity contribution in [3.05, 3.63) is 30.3 Å².